The second kappa shape index (κ2) is 5.29. The van der Waals surface area contributed by atoms with Crippen LogP contribution in [-0.2, 0) is 17.8 Å². The quantitative estimate of drug-likeness (QED) is 0.945. The molecule has 1 N–H and O–H groups in total. The van der Waals surface area contributed by atoms with Crippen LogP contribution in [-0.4, -0.2) is 20.6 Å². The summed E-state index contributed by atoms with van der Waals surface area (Å²) in [6.07, 6.45) is 4.13. The second-order valence-electron chi connectivity index (χ2n) is 5.09. The number of imidazole rings is 1. The summed E-state index contributed by atoms with van der Waals surface area (Å²) in [4.78, 5) is 15.8. The van der Waals surface area contributed by atoms with Gasteiger partial charge in [0.1, 0.15) is 11.7 Å². The molecular formula is C15H15ClN2O2. The van der Waals surface area contributed by atoms with E-state index < -0.39 is 11.9 Å². The number of fused-ring (bicyclic) bond motifs is 1. The lowest BCUT2D eigenvalue weighted by molar-refractivity contribution is -0.139. The van der Waals surface area contributed by atoms with Crippen LogP contribution in [0, 0.1) is 0 Å². The van der Waals surface area contributed by atoms with Crippen molar-refractivity contribution in [1.82, 2.24) is 9.55 Å². The summed E-state index contributed by atoms with van der Waals surface area (Å²) < 4.78 is 1.97. The van der Waals surface area contributed by atoms with Crippen LogP contribution in [0.1, 0.15) is 35.8 Å². The first kappa shape index (κ1) is 13.2. The van der Waals surface area contributed by atoms with E-state index in [4.69, 9.17) is 11.6 Å². The molecule has 1 aromatic carbocycles. The number of carbonyl (C=O) groups is 1. The molecule has 1 aromatic heterocycles. The van der Waals surface area contributed by atoms with E-state index in [9.17, 15) is 9.90 Å². The zero-order chi connectivity index (χ0) is 14.1. The molecule has 0 spiro atoms. The highest BCUT2D eigenvalue weighted by Crippen LogP contribution is 2.28. The number of carboxylic acid groups (broad SMARTS) is 1. The Bertz CT molecular complexity index is 651. The molecule has 1 aliphatic rings. The maximum absolute atomic E-state index is 11.3. The molecule has 1 unspecified atom stereocenters. The minimum atomic E-state index is -0.791. The predicted molar refractivity (Wildman–Crippen MR) is 76.1 cm³/mol. The average Bonchev–Trinajstić information content (AvgIpc) is 2.83. The number of aryl methyl sites for hydroxylation is 1. The maximum Gasteiger partial charge on any atom is 0.314 e. The Morgan fingerprint density at radius 1 is 1.45 bits per heavy atom. The molecule has 4 nitrogen and oxygen atoms in total. The van der Waals surface area contributed by atoms with E-state index in [1.54, 1.807) is 0 Å². The van der Waals surface area contributed by atoms with Crippen LogP contribution in [0.4, 0.5) is 0 Å². The van der Waals surface area contributed by atoms with Crippen molar-refractivity contribution in [2.75, 3.05) is 0 Å². The molecule has 1 atom stereocenters. The summed E-state index contributed by atoms with van der Waals surface area (Å²) in [5, 5.41) is 9.97. The fourth-order valence-corrected chi connectivity index (χ4v) is 2.90. The Morgan fingerprint density at radius 2 is 2.25 bits per heavy atom. The molecule has 0 bridgehead atoms. The minimum Gasteiger partial charge on any atom is -0.481 e. The summed E-state index contributed by atoms with van der Waals surface area (Å²) in [7, 11) is 0. The first-order chi connectivity index (χ1) is 9.65. The molecule has 0 fully saturated rings. The van der Waals surface area contributed by atoms with Gasteiger partial charge in [0.15, 0.2) is 0 Å². The van der Waals surface area contributed by atoms with Gasteiger partial charge in [0.05, 0.1) is 5.69 Å². The first-order valence-electron chi connectivity index (χ1n) is 6.67. The van der Waals surface area contributed by atoms with Gasteiger partial charge in [-0.1, -0.05) is 29.8 Å². The van der Waals surface area contributed by atoms with E-state index in [1.807, 2.05) is 35.0 Å². The van der Waals surface area contributed by atoms with Crippen LogP contribution in [0.25, 0.3) is 0 Å². The lowest BCUT2D eigenvalue weighted by atomic mass is 9.99. The molecule has 0 saturated heterocycles. The van der Waals surface area contributed by atoms with Crippen molar-refractivity contribution in [3.05, 3.63) is 52.6 Å². The molecule has 104 valence electrons. The summed E-state index contributed by atoms with van der Waals surface area (Å²) >= 11 is 6.15. The van der Waals surface area contributed by atoms with Crippen LogP contribution in [0.15, 0.2) is 30.5 Å². The van der Waals surface area contributed by atoms with Gasteiger partial charge in [-0.25, -0.2) is 4.98 Å². The summed E-state index contributed by atoms with van der Waals surface area (Å²) in [5.74, 6) is -0.601. The molecule has 1 aliphatic heterocycles. The largest absolute Gasteiger partial charge is 0.481 e. The molecule has 0 aliphatic carbocycles. The lowest BCUT2D eigenvalue weighted by Crippen LogP contribution is -2.21. The van der Waals surface area contributed by atoms with Crippen molar-refractivity contribution in [3.63, 3.8) is 0 Å². The van der Waals surface area contributed by atoms with Gasteiger partial charge in [0.25, 0.3) is 0 Å². The molecule has 0 saturated carbocycles. The third-order valence-electron chi connectivity index (χ3n) is 3.69. The Balaban J connectivity index is 1.90. The highest BCUT2D eigenvalue weighted by Gasteiger charge is 2.28. The summed E-state index contributed by atoms with van der Waals surface area (Å²) in [5.41, 5.74) is 1.89. The molecule has 0 amide bonds. The van der Waals surface area contributed by atoms with E-state index in [-0.39, 0.29) is 0 Å². The van der Waals surface area contributed by atoms with Gasteiger partial charge >= 0.3 is 5.97 Å². The number of hydrogen-bond acceptors (Lipinski definition) is 2. The number of benzene rings is 1. The van der Waals surface area contributed by atoms with Crippen molar-refractivity contribution in [1.29, 1.82) is 0 Å². The number of hydrogen-bond donors (Lipinski definition) is 1. The van der Waals surface area contributed by atoms with Gasteiger partial charge in [-0.3, -0.25) is 4.79 Å². The predicted octanol–water partition coefficient (Wildman–Crippen LogP) is 3.09. The van der Waals surface area contributed by atoms with Crippen LogP contribution in [0.5, 0.6) is 0 Å². The van der Waals surface area contributed by atoms with E-state index in [1.165, 1.54) is 0 Å². The standard InChI is InChI=1S/C15H15ClN2O2/c16-13-6-2-1-4-10(13)8-11-9-18-7-3-5-12(15(19)20)14(18)17-11/h1-2,4,6,9,12H,3,5,7-8H2,(H,19,20). The molecule has 20 heavy (non-hydrogen) atoms. The monoisotopic (exact) mass is 290 g/mol. The lowest BCUT2D eigenvalue weighted by Gasteiger charge is -2.19. The first-order valence-corrected chi connectivity index (χ1v) is 7.05. The van der Waals surface area contributed by atoms with Crippen LogP contribution in [0.2, 0.25) is 5.02 Å². The highest BCUT2D eigenvalue weighted by molar-refractivity contribution is 6.31. The van der Waals surface area contributed by atoms with Crippen molar-refractivity contribution >= 4 is 17.6 Å². The smallest absolute Gasteiger partial charge is 0.314 e. The Hall–Kier alpha value is -1.81. The van der Waals surface area contributed by atoms with Crippen molar-refractivity contribution in [2.24, 2.45) is 0 Å². The molecule has 2 heterocycles. The maximum atomic E-state index is 11.3. The SMILES string of the molecule is O=C(O)C1CCCn2cc(Cc3ccccc3Cl)nc21. The third-order valence-corrected chi connectivity index (χ3v) is 4.06. The van der Waals surface area contributed by atoms with Crippen LogP contribution < -0.4 is 0 Å². The van der Waals surface area contributed by atoms with E-state index in [0.29, 0.717) is 23.7 Å². The van der Waals surface area contributed by atoms with Gasteiger partial charge < -0.3 is 9.67 Å². The molecule has 0 radical (unpaired) electrons. The number of nitrogens with zero attached hydrogens (tertiary/aromatic N) is 2. The third kappa shape index (κ3) is 2.43. The van der Waals surface area contributed by atoms with Gasteiger partial charge in [-0.05, 0) is 24.5 Å². The van der Waals surface area contributed by atoms with Crippen LogP contribution in [0.3, 0.4) is 0 Å². The number of carboxylic acids is 1. The highest BCUT2D eigenvalue weighted by atomic mass is 35.5. The van der Waals surface area contributed by atoms with Gasteiger partial charge in [-0.15, -0.1) is 0 Å². The van der Waals surface area contributed by atoms with Crippen molar-refractivity contribution in [2.45, 2.75) is 31.7 Å². The van der Waals surface area contributed by atoms with Crippen molar-refractivity contribution < 1.29 is 9.90 Å². The number of aromatic nitrogens is 2. The van der Waals surface area contributed by atoms with Crippen molar-refractivity contribution in [3.8, 4) is 0 Å². The second-order valence-corrected chi connectivity index (χ2v) is 5.49. The summed E-state index contributed by atoms with van der Waals surface area (Å²) in [6, 6.07) is 7.66. The van der Waals surface area contributed by atoms with E-state index in [0.717, 1.165) is 24.2 Å². The number of rotatable bonds is 3. The Morgan fingerprint density at radius 3 is 3.00 bits per heavy atom. The van der Waals surface area contributed by atoms with Gasteiger partial charge in [0.2, 0.25) is 0 Å². The molecule has 5 heteroatoms. The van der Waals surface area contributed by atoms with E-state index in [2.05, 4.69) is 4.98 Å². The normalized spacial score (nSPS) is 17.8. The minimum absolute atomic E-state index is 0.483. The zero-order valence-electron chi connectivity index (χ0n) is 10.9. The molecular weight excluding hydrogens is 276 g/mol. The van der Waals surface area contributed by atoms with Gasteiger partial charge in [0, 0.05) is 24.2 Å². The molecule has 3 rings (SSSR count). The number of halogens is 1. The van der Waals surface area contributed by atoms with Gasteiger partial charge in [-0.2, -0.15) is 0 Å². The fraction of sp³-hybridized carbons (Fsp3) is 0.333. The van der Waals surface area contributed by atoms with Crippen LogP contribution >= 0.6 is 11.6 Å². The molecule has 2 aromatic rings. The Kier molecular flexibility index (Phi) is 3.49. The fourth-order valence-electron chi connectivity index (χ4n) is 2.69. The number of aliphatic carboxylic acids is 1. The van der Waals surface area contributed by atoms with E-state index >= 15 is 0 Å². The zero-order valence-corrected chi connectivity index (χ0v) is 11.7. The average molecular weight is 291 g/mol. The topological polar surface area (TPSA) is 55.1 Å². The summed E-state index contributed by atoms with van der Waals surface area (Å²) in [6.45, 7) is 0.842. The Labute approximate surface area is 122 Å².